The molecule has 2 N–H and O–H groups in total. The summed E-state index contributed by atoms with van der Waals surface area (Å²) in [4.78, 5) is 0. The minimum atomic E-state index is 0.287. The Balaban J connectivity index is 2.26. The standard InChI is InChI=1S/C15H23N/c1-12(2)13-5-7-14(8-6-13)15(11-16)9-3-4-10-15/h5-8,12H,3-4,9-11,16H2,1-2H3. The van der Waals surface area contributed by atoms with Gasteiger partial charge in [0.1, 0.15) is 0 Å². The van der Waals surface area contributed by atoms with Gasteiger partial charge in [-0.15, -0.1) is 0 Å². The number of hydrogen-bond acceptors (Lipinski definition) is 1. The van der Waals surface area contributed by atoms with E-state index in [1.165, 1.54) is 36.8 Å². The van der Waals surface area contributed by atoms with Crippen LogP contribution in [0.25, 0.3) is 0 Å². The second kappa shape index (κ2) is 4.58. The maximum Gasteiger partial charge on any atom is 0.00755 e. The fourth-order valence-electron chi connectivity index (χ4n) is 2.88. The van der Waals surface area contributed by atoms with E-state index in [0.717, 1.165) is 6.54 Å². The second-order valence-electron chi connectivity index (χ2n) is 5.47. The minimum absolute atomic E-state index is 0.287. The molecule has 1 aromatic carbocycles. The Bertz CT molecular complexity index is 331. The third-order valence-corrected chi connectivity index (χ3v) is 4.14. The molecule has 16 heavy (non-hydrogen) atoms. The first-order chi connectivity index (χ1) is 7.68. The maximum atomic E-state index is 6.00. The summed E-state index contributed by atoms with van der Waals surface area (Å²) >= 11 is 0. The third kappa shape index (κ3) is 2.01. The fraction of sp³-hybridized carbons (Fsp3) is 0.600. The molecule has 1 nitrogen and oxygen atoms in total. The lowest BCUT2D eigenvalue weighted by Gasteiger charge is -2.28. The summed E-state index contributed by atoms with van der Waals surface area (Å²) in [6, 6.07) is 9.15. The Morgan fingerprint density at radius 1 is 1.12 bits per heavy atom. The largest absolute Gasteiger partial charge is 0.330 e. The van der Waals surface area contributed by atoms with Crippen molar-refractivity contribution >= 4 is 0 Å². The Morgan fingerprint density at radius 2 is 1.69 bits per heavy atom. The van der Waals surface area contributed by atoms with E-state index in [2.05, 4.69) is 38.1 Å². The normalized spacial score (nSPS) is 19.2. The molecule has 1 aromatic rings. The molecule has 0 amide bonds. The van der Waals surface area contributed by atoms with Crippen molar-refractivity contribution in [1.82, 2.24) is 0 Å². The summed E-state index contributed by atoms with van der Waals surface area (Å²) in [6.07, 6.45) is 5.21. The van der Waals surface area contributed by atoms with Gasteiger partial charge in [-0.1, -0.05) is 51.0 Å². The molecule has 0 atom stereocenters. The smallest absolute Gasteiger partial charge is 0.00755 e. The molecule has 2 rings (SSSR count). The van der Waals surface area contributed by atoms with Gasteiger partial charge in [0, 0.05) is 12.0 Å². The van der Waals surface area contributed by atoms with Gasteiger partial charge < -0.3 is 5.73 Å². The second-order valence-corrected chi connectivity index (χ2v) is 5.47. The lowest BCUT2D eigenvalue weighted by atomic mass is 9.78. The topological polar surface area (TPSA) is 26.0 Å². The monoisotopic (exact) mass is 217 g/mol. The van der Waals surface area contributed by atoms with Crippen LogP contribution in [-0.4, -0.2) is 6.54 Å². The highest BCUT2D eigenvalue weighted by Crippen LogP contribution is 2.40. The Morgan fingerprint density at radius 3 is 2.12 bits per heavy atom. The molecule has 0 unspecified atom stereocenters. The predicted molar refractivity (Wildman–Crippen MR) is 69.7 cm³/mol. The van der Waals surface area contributed by atoms with Gasteiger partial charge in [0.2, 0.25) is 0 Å². The first-order valence-corrected chi connectivity index (χ1v) is 6.48. The maximum absolute atomic E-state index is 6.00. The van der Waals surface area contributed by atoms with Gasteiger partial charge >= 0.3 is 0 Å². The highest BCUT2D eigenvalue weighted by Gasteiger charge is 2.33. The van der Waals surface area contributed by atoms with Gasteiger partial charge in [-0.2, -0.15) is 0 Å². The van der Waals surface area contributed by atoms with E-state index in [0.29, 0.717) is 5.92 Å². The molecule has 88 valence electrons. The Kier molecular flexibility index (Phi) is 3.34. The molecule has 0 spiro atoms. The first kappa shape index (κ1) is 11.7. The van der Waals surface area contributed by atoms with Crippen molar-refractivity contribution in [3.63, 3.8) is 0 Å². The number of rotatable bonds is 3. The van der Waals surface area contributed by atoms with E-state index in [1.54, 1.807) is 0 Å². The third-order valence-electron chi connectivity index (χ3n) is 4.14. The zero-order valence-electron chi connectivity index (χ0n) is 10.5. The molecule has 1 aliphatic carbocycles. The average molecular weight is 217 g/mol. The minimum Gasteiger partial charge on any atom is -0.330 e. The quantitative estimate of drug-likeness (QED) is 0.823. The van der Waals surface area contributed by atoms with Gasteiger partial charge in [-0.25, -0.2) is 0 Å². The number of nitrogens with two attached hydrogens (primary N) is 1. The van der Waals surface area contributed by atoms with E-state index < -0.39 is 0 Å². The van der Waals surface area contributed by atoms with Crippen LogP contribution < -0.4 is 5.73 Å². The molecule has 0 saturated heterocycles. The lowest BCUT2D eigenvalue weighted by molar-refractivity contribution is 0.453. The van der Waals surface area contributed by atoms with Crippen molar-refractivity contribution < 1.29 is 0 Å². The van der Waals surface area contributed by atoms with Crippen molar-refractivity contribution in [1.29, 1.82) is 0 Å². The molecule has 1 aliphatic rings. The molecular weight excluding hydrogens is 194 g/mol. The van der Waals surface area contributed by atoms with Crippen LogP contribution in [0, 0.1) is 0 Å². The van der Waals surface area contributed by atoms with Crippen molar-refractivity contribution in [3.8, 4) is 0 Å². The Hall–Kier alpha value is -0.820. The van der Waals surface area contributed by atoms with E-state index in [4.69, 9.17) is 5.73 Å². The molecule has 0 aromatic heterocycles. The van der Waals surface area contributed by atoms with E-state index in [9.17, 15) is 0 Å². The summed E-state index contributed by atoms with van der Waals surface area (Å²) in [5.74, 6) is 0.617. The van der Waals surface area contributed by atoms with Gasteiger partial charge in [0.05, 0.1) is 0 Å². The van der Waals surface area contributed by atoms with Crippen LogP contribution in [-0.2, 0) is 5.41 Å². The van der Waals surface area contributed by atoms with Crippen LogP contribution in [0.15, 0.2) is 24.3 Å². The van der Waals surface area contributed by atoms with Crippen molar-refractivity contribution in [2.24, 2.45) is 5.73 Å². The van der Waals surface area contributed by atoms with Crippen molar-refractivity contribution in [2.75, 3.05) is 6.54 Å². The molecule has 1 saturated carbocycles. The molecule has 1 heteroatoms. The van der Waals surface area contributed by atoms with E-state index in [-0.39, 0.29) is 5.41 Å². The van der Waals surface area contributed by atoms with Crippen LogP contribution in [0.3, 0.4) is 0 Å². The first-order valence-electron chi connectivity index (χ1n) is 6.48. The summed E-state index contributed by atoms with van der Waals surface area (Å²) in [5.41, 5.74) is 9.17. The lowest BCUT2D eigenvalue weighted by Crippen LogP contribution is -2.31. The molecule has 0 heterocycles. The SMILES string of the molecule is CC(C)c1ccc(C2(CN)CCCC2)cc1. The van der Waals surface area contributed by atoms with Crippen LogP contribution in [0.1, 0.15) is 56.6 Å². The van der Waals surface area contributed by atoms with Crippen molar-refractivity contribution in [2.45, 2.75) is 50.9 Å². The summed E-state index contributed by atoms with van der Waals surface area (Å²) in [6.45, 7) is 5.28. The molecule has 0 bridgehead atoms. The Labute approximate surface area is 99.0 Å². The molecule has 0 aliphatic heterocycles. The average Bonchev–Trinajstić information content (AvgIpc) is 2.79. The molecule has 1 fully saturated rings. The van der Waals surface area contributed by atoms with E-state index >= 15 is 0 Å². The summed E-state index contributed by atoms with van der Waals surface area (Å²) < 4.78 is 0. The number of benzene rings is 1. The van der Waals surface area contributed by atoms with Crippen LogP contribution in [0.4, 0.5) is 0 Å². The van der Waals surface area contributed by atoms with Gasteiger partial charge in [0.25, 0.3) is 0 Å². The highest BCUT2D eigenvalue weighted by molar-refractivity contribution is 5.31. The fourth-order valence-corrected chi connectivity index (χ4v) is 2.88. The predicted octanol–water partition coefficient (Wildman–Crippen LogP) is 3.58. The molecule has 0 radical (unpaired) electrons. The van der Waals surface area contributed by atoms with Gasteiger partial charge in [0.15, 0.2) is 0 Å². The van der Waals surface area contributed by atoms with Gasteiger partial charge in [-0.3, -0.25) is 0 Å². The van der Waals surface area contributed by atoms with Crippen molar-refractivity contribution in [3.05, 3.63) is 35.4 Å². The number of hydrogen-bond donors (Lipinski definition) is 1. The highest BCUT2D eigenvalue weighted by atomic mass is 14.6. The van der Waals surface area contributed by atoms with Gasteiger partial charge in [-0.05, 0) is 29.9 Å². The van der Waals surface area contributed by atoms with Crippen LogP contribution >= 0.6 is 0 Å². The zero-order chi connectivity index (χ0) is 11.6. The summed E-state index contributed by atoms with van der Waals surface area (Å²) in [5, 5.41) is 0. The van der Waals surface area contributed by atoms with Crippen LogP contribution in [0.2, 0.25) is 0 Å². The summed E-state index contributed by atoms with van der Waals surface area (Å²) in [7, 11) is 0. The zero-order valence-corrected chi connectivity index (χ0v) is 10.5. The molecular formula is C15H23N. The van der Waals surface area contributed by atoms with Crippen LogP contribution in [0.5, 0.6) is 0 Å². The van der Waals surface area contributed by atoms with E-state index in [1.807, 2.05) is 0 Å².